The largest absolute Gasteiger partial charge is 0.497 e. The maximum absolute atomic E-state index is 13.2. The molecule has 10 heteroatoms. The van der Waals surface area contributed by atoms with Gasteiger partial charge in [0.25, 0.3) is 10.2 Å². The highest BCUT2D eigenvalue weighted by atomic mass is 35.5. The summed E-state index contributed by atoms with van der Waals surface area (Å²) in [5.41, 5.74) is 1.04. The number of halogens is 2. The van der Waals surface area contributed by atoms with Gasteiger partial charge in [0.1, 0.15) is 11.6 Å². The van der Waals surface area contributed by atoms with E-state index in [0.717, 1.165) is 10.4 Å². The third-order valence-corrected chi connectivity index (χ3v) is 6.59. The lowest BCUT2D eigenvalue weighted by molar-refractivity contribution is -0.116. The van der Waals surface area contributed by atoms with E-state index in [1.165, 1.54) is 23.5 Å². The molecule has 0 bridgehead atoms. The van der Waals surface area contributed by atoms with Crippen molar-refractivity contribution in [2.45, 2.75) is 6.54 Å². The van der Waals surface area contributed by atoms with Crippen molar-refractivity contribution >= 4 is 33.4 Å². The number of anilines is 1. The van der Waals surface area contributed by atoms with Crippen LogP contribution in [0.15, 0.2) is 42.5 Å². The molecular weight excluding hydrogens is 409 g/mol. The molecule has 1 amide bonds. The van der Waals surface area contributed by atoms with Crippen LogP contribution in [0.25, 0.3) is 0 Å². The molecule has 28 heavy (non-hydrogen) atoms. The minimum absolute atomic E-state index is 0.0119. The van der Waals surface area contributed by atoms with Gasteiger partial charge in [-0.25, -0.2) is 4.39 Å². The summed E-state index contributed by atoms with van der Waals surface area (Å²) in [6.07, 6.45) is 0. The van der Waals surface area contributed by atoms with E-state index in [4.69, 9.17) is 16.3 Å². The van der Waals surface area contributed by atoms with Crippen LogP contribution in [0.5, 0.6) is 5.75 Å². The number of amides is 1. The predicted molar refractivity (Wildman–Crippen MR) is 104 cm³/mol. The van der Waals surface area contributed by atoms with Crippen molar-refractivity contribution in [3.8, 4) is 5.75 Å². The first-order valence-corrected chi connectivity index (χ1v) is 10.2. The second kappa shape index (κ2) is 8.44. The van der Waals surface area contributed by atoms with Crippen molar-refractivity contribution in [3.63, 3.8) is 0 Å². The van der Waals surface area contributed by atoms with Gasteiger partial charge < -0.3 is 10.1 Å². The Morgan fingerprint density at radius 2 is 1.86 bits per heavy atom. The Bertz CT molecular complexity index is 969. The molecule has 0 aliphatic carbocycles. The SMILES string of the molecule is COc1ccc(NC(=O)CN2CCN(Cc3ccc(F)cc3Cl)S2(=O)=O)cc1. The molecule has 0 spiro atoms. The number of hydrogen-bond donors (Lipinski definition) is 1. The summed E-state index contributed by atoms with van der Waals surface area (Å²) >= 11 is 5.99. The summed E-state index contributed by atoms with van der Waals surface area (Å²) in [7, 11) is -2.28. The van der Waals surface area contributed by atoms with Crippen LogP contribution in [0.2, 0.25) is 5.02 Å². The monoisotopic (exact) mass is 427 g/mol. The average Bonchev–Trinajstić information content (AvgIpc) is 2.92. The van der Waals surface area contributed by atoms with Gasteiger partial charge in [0.15, 0.2) is 0 Å². The van der Waals surface area contributed by atoms with E-state index in [1.54, 1.807) is 24.3 Å². The molecule has 1 N–H and O–H groups in total. The number of carbonyl (C=O) groups is 1. The van der Waals surface area contributed by atoms with Gasteiger partial charge in [-0.15, -0.1) is 0 Å². The number of benzene rings is 2. The Labute approximate surface area is 167 Å². The van der Waals surface area contributed by atoms with E-state index in [0.29, 0.717) is 17.0 Å². The van der Waals surface area contributed by atoms with Crippen LogP contribution in [0.3, 0.4) is 0 Å². The van der Waals surface area contributed by atoms with Crippen molar-refractivity contribution in [2.24, 2.45) is 0 Å². The quantitative estimate of drug-likeness (QED) is 0.768. The van der Waals surface area contributed by atoms with Crippen LogP contribution in [-0.2, 0) is 21.5 Å². The number of hydrogen-bond acceptors (Lipinski definition) is 4. The van der Waals surface area contributed by atoms with Crippen LogP contribution in [-0.4, -0.2) is 49.7 Å². The fourth-order valence-electron chi connectivity index (χ4n) is 2.81. The minimum Gasteiger partial charge on any atom is -0.497 e. The van der Waals surface area contributed by atoms with Gasteiger partial charge in [-0.1, -0.05) is 17.7 Å². The second-order valence-electron chi connectivity index (χ2n) is 6.19. The van der Waals surface area contributed by atoms with Gasteiger partial charge in [-0.05, 0) is 42.0 Å². The predicted octanol–water partition coefficient (Wildman–Crippen LogP) is 2.49. The molecule has 1 heterocycles. The zero-order valence-corrected chi connectivity index (χ0v) is 16.6. The number of methoxy groups -OCH3 is 1. The maximum Gasteiger partial charge on any atom is 0.282 e. The van der Waals surface area contributed by atoms with Crippen LogP contribution in [0.4, 0.5) is 10.1 Å². The molecule has 0 unspecified atom stereocenters. The summed E-state index contributed by atoms with van der Waals surface area (Å²) < 4.78 is 45.9. The Morgan fingerprint density at radius 3 is 2.50 bits per heavy atom. The molecule has 1 aliphatic rings. The molecule has 0 saturated carbocycles. The van der Waals surface area contributed by atoms with Gasteiger partial charge >= 0.3 is 0 Å². The summed E-state index contributed by atoms with van der Waals surface area (Å²) in [4.78, 5) is 12.2. The standard InChI is InChI=1S/C18H19ClFN3O4S/c1-27-16-6-4-15(5-7-16)21-18(24)12-23-9-8-22(28(23,25)26)11-13-2-3-14(20)10-17(13)19/h2-7,10H,8-9,11-12H2,1H3,(H,21,24). The van der Waals surface area contributed by atoms with Crippen molar-refractivity contribution in [2.75, 3.05) is 32.1 Å². The lowest BCUT2D eigenvalue weighted by atomic mass is 10.2. The molecule has 0 atom stereocenters. The zero-order valence-electron chi connectivity index (χ0n) is 15.1. The van der Waals surface area contributed by atoms with Crippen molar-refractivity contribution < 1.29 is 22.3 Å². The number of nitrogens with one attached hydrogen (secondary N) is 1. The molecule has 1 fully saturated rings. The Kier molecular flexibility index (Phi) is 6.19. The van der Waals surface area contributed by atoms with Gasteiger partial charge in [-0.2, -0.15) is 17.0 Å². The van der Waals surface area contributed by atoms with E-state index in [1.807, 2.05) is 0 Å². The van der Waals surface area contributed by atoms with Gasteiger partial charge in [0.2, 0.25) is 5.91 Å². The van der Waals surface area contributed by atoms with E-state index in [9.17, 15) is 17.6 Å². The summed E-state index contributed by atoms with van der Waals surface area (Å²) in [5, 5.41) is 2.81. The molecule has 1 saturated heterocycles. The average molecular weight is 428 g/mol. The van der Waals surface area contributed by atoms with E-state index < -0.39 is 21.9 Å². The highest BCUT2D eigenvalue weighted by molar-refractivity contribution is 7.87. The van der Waals surface area contributed by atoms with Gasteiger partial charge in [-0.3, -0.25) is 4.79 Å². The fraction of sp³-hybridized carbons (Fsp3) is 0.278. The topological polar surface area (TPSA) is 79.0 Å². The number of nitrogens with zero attached hydrogens (tertiary/aromatic N) is 2. The first kappa shape index (κ1) is 20.5. The van der Waals surface area contributed by atoms with Crippen molar-refractivity contribution in [1.82, 2.24) is 8.61 Å². The van der Waals surface area contributed by atoms with Gasteiger partial charge in [0.05, 0.1) is 13.7 Å². The lowest BCUT2D eigenvalue weighted by Crippen LogP contribution is -2.37. The third-order valence-electron chi connectivity index (χ3n) is 4.31. The highest BCUT2D eigenvalue weighted by Crippen LogP contribution is 2.24. The first-order valence-electron chi connectivity index (χ1n) is 8.42. The summed E-state index contributed by atoms with van der Waals surface area (Å²) in [5.74, 6) is -0.291. The second-order valence-corrected chi connectivity index (χ2v) is 8.52. The smallest absolute Gasteiger partial charge is 0.282 e. The van der Waals surface area contributed by atoms with Crippen molar-refractivity contribution in [3.05, 3.63) is 58.9 Å². The number of rotatable bonds is 6. The molecule has 1 aliphatic heterocycles. The number of carbonyl (C=O) groups excluding carboxylic acids is 1. The Balaban J connectivity index is 1.62. The molecule has 2 aromatic carbocycles. The van der Waals surface area contributed by atoms with Crippen LogP contribution >= 0.6 is 11.6 Å². The van der Waals surface area contributed by atoms with Crippen LogP contribution < -0.4 is 10.1 Å². The third kappa shape index (κ3) is 4.61. The van der Waals surface area contributed by atoms with Crippen LogP contribution in [0.1, 0.15) is 5.56 Å². The Hall–Kier alpha value is -2.20. The van der Waals surface area contributed by atoms with Crippen LogP contribution in [0, 0.1) is 5.82 Å². The van der Waals surface area contributed by atoms with E-state index in [2.05, 4.69) is 5.32 Å². The fourth-order valence-corrected chi connectivity index (χ4v) is 4.57. The number of ether oxygens (including phenoxy) is 1. The molecule has 7 nitrogen and oxygen atoms in total. The zero-order chi connectivity index (χ0) is 20.3. The van der Waals surface area contributed by atoms with E-state index in [-0.39, 0.29) is 31.2 Å². The molecule has 0 aromatic heterocycles. The van der Waals surface area contributed by atoms with E-state index >= 15 is 0 Å². The molecule has 2 aromatic rings. The Morgan fingerprint density at radius 1 is 1.18 bits per heavy atom. The molecule has 150 valence electrons. The first-order chi connectivity index (χ1) is 13.3. The highest BCUT2D eigenvalue weighted by Gasteiger charge is 2.37. The molecular formula is C18H19ClFN3O4S. The molecule has 0 radical (unpaired) electrons. The minimum atomic E-state index is -3.82. The van der Waals surface area contributed by atoms with Crippen molar-refractivity contribution in [1.29, 1.82) is 0 Å². The normalized spacial score (nSPS) is 16.8. The summed E-state index contributed by atoms with van der Waals surface area (Å²) in [6, 6.07) is 10.5. The molecule has 3 rings (SSSR count). The summed E-state index contributed by atoms with van der Waals surface area (Å²) in [6.45, 7) is 0.100. The maximum atomic E-state index is 13.2. The lowest BCUT2D eigenvalue weighted by Gasteiger charge is -2.19. The van der Waals surface area contributed by atoms with Gasteiger partial charge in [0, 0.05) is 30.3 Å².